The summed E-state index contributed by atoms with van der Waals surface area (Å²) in [7, 11) is 0. The summed E-state index contributed by atoms with van der Waals surface area (Å²) in [4.78, 5) is 29.5. The third-order valence-electron chi connectivity index (χ3n) is 4.43. The summed E-state index contributed by atoms with van der Waals surface area (Å²) in [6, 6.07) is 8.22. The van der Waals surface area contributed by atoms with E-state index in [1.54, 1.807) is 4.90 Å². The number of benzene rings is 1. The second kappa shape index (κ2) is 10.9. The molecule has 0 aliphatic carbocycles. The topological polar surface area (TPSA) is 61.9 Å². The fraction of sp³-hybridized carbons (Fsp3) is 0.636. The van der Waals surface area contributed by atoms with Crippen LogP contribution in [0.2, 0.25) is 0 Å². The summed E-state index contributed by atoms with van der Waals surface area (Å²) < 4.78 is 5.42. The van der Waals surface area contributed by atoms with Gasteiger partial charge in [0, 0.05) is 49.4 Å². The van der Waals surface area contributed by atoms with Gasteiger partial charge in [0.05, 0.1) is 6.42 Å². The summed E-state index contributed by atoms with van der Waals surface area (Å²) in [5.41, 5.74) is 0.563. The fourth-order valence-electron chi connectivity index (χ4n) is 3.04. The van der Waals surface area contributed by atoms with E-state index in [0.717, 1.165) is 25.2 Å². The number of carbonyl (C=O) groups excluding carboxylic acids is 2. The van der Waals surface area contributed by atoms with E-state index in [1.165, 1.54) is 4.90 Å². The highest BCUT2D eigenvalue weighted by molar-refractivity contribution is 7.99. The fourth-order valence-corrected chi connectivity index (χ4v) is 3.88. The Morgan fingerprint density at radius 2 is 1.72 bits per heavy atom. The van der Waals surface area contributed by atoms with E-state index in [-0.39, 0.29) is 12.0 Å². The largest absolute Gasteiger partial charge is 0.444 e. The van der Waals surface area contributed by atoms with Gasteiger partial charge in [-0.2, -0.15) is 0 Å². The van der Waals surface area contributed by atoms with Gasteiger partial charge in [-0.15, -0.1) is 11.8 Å². The van der Waals surface area contributed by atoms with E-state index >= 15 is 0 Å². The molecular weight excluding hydrogens is 386 g/mol. The number of nitrogens with zero attached hydrogens (tertiary/aromatic N) is 2. The Bertz CT molecular complexity index is 663. The van der Waals surface area contributed by atoms with Crippen LogP contribution >= 0.6 is 11.8 Å². The summed E-state index contributed by atoms with van der Waals surface area (Å²) >= 11 is 1.82. The highest BCUT2D eigenvalue weighted by Gasteiger charge is 2.25. The maximum atomic E-state index is 12.2. The lowest BCUT2D eigenvalue weighted by atomic mass is 10.1. The van der Waals surface area contributed by atoms with Gasteiger partial charge in [-0.3, -0.25) is 9.69 Å². The standard InChI is InChI=1S/C22H35N3O3S/c1-17(2)29-19-8-6-18(7-9-19)16-20(26)23-10-11-24-12-14-25(15-13-24)21(27)28-22(3,4)5/h6-9,17H,10-16H2,1-5H3,(H,23,26). The molecule has 0 unspecified atom stereocenters. The van der Waals surface area contributed by atoms with E-state index in [9.17, 15) is 9.59 Å². The molecular formula is C22H35N3O3S. The average molecular weight is 422 g/mol. The molecule has 0 bridgehead atoms. The lowest BCUT2D eigenvalue weighted by Crippen LogP contribution is -2.51. The SMILES string of the molecule is CC(C)Sc1ccc(CC(=O)NCCN2CCN(C(=O)OC(C)(C)C)CC2)cc1. The minimum atomic E-state index is -0.466. The van der Waals surface area contributed by atoms with Crippen LogP contribution < -0.4 is 5.32 Å². The zero-order chi connectivity index (χ0) is 21.4. The van der Waals surface area contributed by atoms with Crippen molar-refractivity contribution in [3.8, 4) is 0 Å². The number of ether oxygens (including phenoxy) is 1. The molecule has 0 aromatic heterocycles. The summed E-state index contributed by atoms with van der Waals surface area (Å²) in [5, 5.41) is 3.55. The van der Waals surface area contributed by atoms with Crippen LogP contribution in [0, 0.1) is 0 Å². The zero-order valence-electron chi connectivity index (χ0n) is 18.4. The first kappa shape index (κ1) is 23.5. The van der Waals surface area contributed by atoms with Gasteiger partial charge in [-0.05, 0) is 38.5 Å². The Kier molecular flexibility index (Phi) is 8.83. The molecule has 1 N–H and O–H groups in total. The Labute approximate surface area is 179 Å². The van der Waals surface area contributed by atoms with Crippen LogP contribution in [-0.4, -0.2) is 71.9 Å². The zero-order valence-corrected chi connectivity index (χ0v) is 19.2. The number of nitrogens with one attached hydrogen (secondary N) is 1. The molecule has 6 nitrogen and oxygen atoms in total. The van der Waals surface area contributed by atoms with Gasteiger partial charge in [-0.1, -0.05) is 26.0 Å². The molecule has 29 heavy (non-hydrogen) atoms. The van der Waals surface area contributed by atoms with Crippen LogP contribution in [0.1, 0.15) is 40.2 Å². The van der Waals surface area contributed by atoms with Crippen molar-refractivity contribution in [1.82, 2.24) is 15.1 Å². The highest BCUT2D eigenvalue weighted by atomic mass is 32.2. The number of hydrogen-bond donors (Lipinski definition) is 1. The molecule has 0 spiro atoms. The molecule has 1 aliphatic rings. The predicted octanol–water partition coefficient (Wildman–Crippen LogP) is 3.40. The lowest BCUT2D eigenvalue weighted by molar-refractivity contribution is -0.120. The van der Waals surface area contributed by atoms with Gasteiger partial charge in [-0.25, -0.2) is 4.79 Å². The van der Waals surface area contributed by atoms with Crippen molar-refractivity contribution in [2.24, 2.45) is 0 Å². The lowest BCUT2D eigenvalue weighted by Gasteiger charge is -2.35. The molecule has 162 valence electrons. The van der Waals surface area contributed by atoms with Gasteiger partial charge in [0.1, 0.15) is 5.60 Å². The summed E-state index contributed by atoms with van der Waals surface area (Å²) in [6.45, 7) is 14.3. The van der Waals surface area contributed by atoms with Crippen molar-refractivity contribution in [2.75, 3.05) is 39.3 Å². The van der Waals surface area contributed by atoms with Crippen LogP contribution in [0.5, 0.6) is 0 Å². The van der Waals surface area contributed by atoms with Gasteiger partial charge in [0.15, 0.2) is 0 Å². The minimum Gasteiger partial charge on any atom is -0.444 e. The van der Waals surface area contributed by atoms with E-state index in [0.29, 0.717) is 31.3 Å². The molecule has 0 saturated carbocycles. The van der Waals surface area contributed by atoms with Crippen molar-refractivity contribution in [3.05, 3.63) is 29.8 Å². The second-order valence-electron chi connectivity index (χ2n) is 8.65. The Morgan fingerprint density at radius 3 is 2.28 bits per heavy atom. The van der Waals surface area contributed by atoms with Gasteiger partial charge in [0.25, 0.3) is 0 Å². The van der Waals surface area contributed by atoms with E-state index in [1.807, 2.05) is 44.7 Å². The molecule has 0 atom stereocenters. The van der Waals surface area contributed by atoms with Gasteiger partial charge in [0.2, 0.25) is 5.91 Å². The minimum absolute atomic E-state index is 0.0432. The van der Waals surface area contributed by atoms with Crippen molar-refractivity contribution >= 4 is 23.8 Å². The number of carbonyl (C=O) groups is 2. The molecule has 1 aromatic rings. The molecule has 1 saturated heterocycles. The van der Waals surface area contributed by atoms with Crippen LogP contribution in [-0.2, 0) is 16.0 Å². The molecule has 1 heterocycles. The van der Waals surface area contributed by atoms with Gasteiger partial charge < -0.3 is 15.0 Å². The Balaban J connectivity index is 1.64. The number of amides is 2. The Morgan fingerprint density at radius 1 is 1.10 bits per heavy atom. The van der Waals surface area contributed by atoms with E-state index < -0.39 is 5.60 Å². The quantitative estimate of drug-likeness (QED) is 0.684. The normalized spacial score (nSPS) is 15.4. The molecule has 2 rings (SSSR count). The monoisotopic (exact) mass is 421 g/mol. The third kappa shape index (κ3) is 9.09. The number of thioether (sulfide) groups is 1. The average Bonchev–Trinajstić information content (AvgIpc) is 2.62. The maximum Gasteiger partial charge on any atom is 0.410 e. The maximum absolute atomic E-state index is 12.2. The predicted molar refractivity (Wildman–Crippen MR) is 118 cm³/mol. The third-order valence-corrected chi connectivity index (χ3v) is 5.45. The second-order valence-corrected chi connectivity index (χ2v) is 10.3. The highest BCUT2D eigenvalue weighted by Crippen LogP contribution is 2.22. The number of hydrogen-bond acceptors (Lipinski definition) is 5. The first-order valence-electron chi connectivity index (χ1n) is 10.3. The molecule has 7 heteroatoms. The van der Waals surface area contributed by atoms with Crippen molar-refractivity contribution in [1.29, 1.82) is 0 Å². The molecule has 1 aliphatic heterocycles. The first-order valence-corrected chi connectivity index (χ1v) is 11.2. The molecule has 1 aromatic carbocycles. The van der Waals surface area contributed by atoms with E-state index in [4.69, 9.17) is 4.74 Å². The number of rotatable bonds is 7. The van der Waals surface area contributed by atoms with Crippen molar-refractivity contribution in [3.63, 3.8) is 0 Å². The molecule has 0 radical (unpaired) electrons. The summed E-state index contributed by atoms with van der Waals surface area (Å²) in [5.74, 6) is 0.0432. The van der Waals surface area contributed by atoms with Gasteiger partial charge >= 0.3 is 6.09 Å². The molecule has 1 fully saturated rings. The van der Waals surface area contributed by atoms with Crippen LogP contribution in [0.25, 0.3) is 0 Å². The van der Waals surface area contributed by atoms with E-state index in [2.05, 4.69) is 36.2 Å². The first-order chi connectivity index (χ1) is 13.6. The molecule has 2 amide bonds. The van der Waals surface area contributed by atoms with Crippen molar-refractivity contribution in [2.45, 2.75) is 56.8 Å². The van der Waals surface area contributed by atoms with Crippen LogP contribution in [0.3, 0.4) is 0 Å². The van der Waals surface area contributed by atoms with Crippen LogP contribution in [0.4, 0.5) is 4.79 Å². The Hall–Kier alpha value is -1.73. The van der Waals surface area contributed by atoms with Crippen LogP contribution in [0.15, 0.2) is 29.2 Å². The summed E-state index contributed by atoms with van der Waals surface area (Å²) in [6.07, 6.45) is 0.155. The number of piperazine rings is 1. The van der Waals surface area contributed by atoms with Crippen molar-refractivity contribution < 1.29 is 14.3 Å². The smallest absolute Gasteiger partial charge is 0.410 e.